The molecule has 0 unspecified atom stereocenters. The molecule has 0 fully saturated rings. The number of nitrogens with zero attached hydrogens (tertiary/aromatic N) is 2. The lowest BCUT2D eigenvalue weighted by atomic mass is 10.1. The van der Waals surface area contributed by atoms with Crippen LogP contribution in [0.1, 0.15) is 27.3 Å². The molecule has 0 amide bonds. The molecule has 30 heavy (non-hydrogen) atoms. The van der Waals surface area contributed by atoms with Gasteiger partial charge in [0.2, 0.25) is 6.79 Å². The van der Waals surface area contributed by atoms with Gasteiger partial charge in [-0.25, -0.2) is 4.39 Å². The summed E-state index contributed by atoms with van der Waals surface area (Å²) in [6.07, 6.45) is 0. The number of fused-ring (bicyclic) bond motifs is 1. The fourth-order valence-corrected chi connectivity index (χ4v) is 3.98. The molecule has 0 radical (unpaired) electrons. The Morgan fingerprint density at radius 1 is 1.13 bits per heavy atom. The fourth-order valence-electron chi connectivity index (χ4n) is 3.80. The first-order chi connectivity index (χ1) is 14.3. The van der Waals surface area contributed by atoms with Crippen LogP contribution >= 0.6 is 11.6 Å². The smallest absolute Gasteiger partial charge is 0.231 e. The van der Waals surface area contributed by atoms with Gasteiger partial charge in [0, 0.05) is 29.2 Å². The molecule has 0 saturated heterocycles. The normalized spacial score (nSPS) is 12.6. The molecule has 7 heteroatoms. The highest BCUT2D eigenvalue weighted by atomic mass is 35.5. The summed E-state index contributed by atoms with van der Waals surface area (Å²) in [5, 5.41) is 0.0522. The zero-order valence-electron chi connectivity index (χ0n) is 17.0. The number of likely N-dealkylation sites (N-methyl/N-ethyl adjacent to an activating group) is 1. The lowest BCUT2D eigenvalue weighted by Gasteiger charge is -2.16. The van der Waals surface area contributed by atoms with Crippen molar-refractivity contribution in [2.75, 3.05) is 20.4 Å². The maximum atomic E-state index is 13.5. The third-order valence-electron chi connectivity index (χ3n) is 5.20. The molecular formula is C23H22ClFN2O3. The van der Waals surface area contributed by atoms with Crippen LogP contribution in [0.4, 0.5) is 4.39 Å². The SMILES string of the molecule is Cc1cc(C(=O)CN(C)Cc2ccc3c(c2)OCO3)c(C)n1-c1ccc(F)c(Cl)c1. The maximum Gasteiger partial charge on any atom is 0.231 e. The van der Waals surface area contributed by atoms with Crippen molar-refractivity contribution in [3.63, 3.8) is 0 Å². The van der Waals surface area contributed by atoms with E-state index < -0.39 is 5.82 Å². The monoisotopic (exact) mass is 428 g/mol. The standard InChI is InChI=1S/C23H22ClFN2O3/c1-14-8-18(15(2)27(14)17-5-6-20(25)19(24)10-17)21(28)12-26(3)11-16-4-7-22-23(9-16)30-13-29-22/h4-10H,11-13H2,1-3H3. The molecule has 5 nitrogen and oxygen atoms in total. The minimum absolute atomic E-state index is 0.0193. The molecule has 4 rings (SSSR count). The average molecular weight is 429 g/mol. The quantitative estimate of drug-likeness (QED) is 0.522. The second kappa shape index (κ2) is 8.13. The first-order valence-corrected chi connectivity index (χ1v) is 9.96. The Labute approximate surface area is 179 Å². The van der Waals surface area contributed by atoms with Crippen LogP contribution in [-0.4, -0.2) is 35.6 Å². The first-order valence-electron chi connectivity index (χ1n) is 9.58. The van der Waals surface area contributed by atoms with Gasteiger partial charge in [-0.15, -0.1) is 0 Å². The van der Waals surface area contributed by atoms with Crippen molar-refractivity contribution in [2.24, 2.45) is 0 Å². The Bertz CT molecular complexity index is 1130. The van der Waals surface area contributed by atoms with Crippen molar-refractivity contribution in [1.29, 1.82) is 0 Å². The van der Waals surface area contributed by atoms with E-state index in [1.165, 1.54) is 6.07 Å². The number of ketones is 1. The molecule has 2 aromatic carbocycles. The van der Waals surface area contributed by atoms with Crippen molar-refractivity contribution in [3.8, 4) is 17.2 Å². The van der Waals surface area contributed by atoms with Gasteiger partial charge in [-0.2, -0.15) is 0 Å². The van der Waals surface area contributed by atoms with Crippen LogP contribution in [0, 0.1) is 19.7 Å². The molecule has 0 saturated carbocycles. The van der Waals surface area contributed by atoms with Gasteiger partial charge in [0.25, 0.3) is 0 Å². The van der Waals surface area contributed by atoms with Crippen LogP contribution in [-0.2, 0) is 6.54 Å². The van der Waals surface area contributed by atoms with E-state index in [0.29, 0.717) is 12.1 Å². The number of aryl methyl sites for hydroxylation is 1. The van der Waals surface area contributed by atoms with Crippen LogP contribution in [0.15, 0.2) is 42.5 Å². The number of Topliss-reactive ketones (excluding diaryl/α,β-unsaturated/α-hetero) is 1. The van der Waals surface area contributed by atoms with E-state index >= 15 is 0 Å². The Hall–Kier alpha value is -2.83. The van der Waals surface area contributed by atoms with Crippen LogP contribution in [0.3, 0.4) is 0 Å². The second-order valence-electron chi connectivity index (χ2n) is 7.50. The van der Waals surface area contributed by atoms with E-state index in [9.17, 15) is 9.18 Å². The third-order valence-corrected chi connectivity index (χ3v) is 5.49. The highest BCUT2D eigenvalue weighted by Crippen LogP contribution is 2.32. The molecule has 2 heterocycles. The van der Waals surface area contributed by atoms with Gasteiger partial charge in [-0.05, 0) is 62.9 Å². The summed E-state index contributed by atoms with van der Waals surface area (Å²) >= 11 is 5.94. The molecule has 0 bridgehead atoms. The summed E-state index contributed by atoms with van der Waals surface area (Å²) in [5.41, 5.74) is 4.10. The summed E-state index contributed by atoms with van der Waals surface area (Å²) in [4.78, 5) is 14.9. The summed E-state index contributed by atoms with van der Waals surface area (Å²) in [5.74, 6) is 1.02. The lowest BCUT2D eigenvalue weighted by molar-refractivity contribution is 0.0942. The van der Waals surface area contributed by atoms with E-state index in [1.807, 2.05) is 54.6 Å². The fraction of sp³-hybridized carbons (Fsp3) is 0.261. The first kappa shape index (κ1) is 20.4. The minimum atomic E-state index is -0.468. The van der Waals surface area contributed by atoms with E-state index in [2.05, 4.69) is 0 Å². The number of rotatable bonds is 6. The number of ether oxygens (including phenoxy) is 2. The molecule has 1 aromatic heterocycles. The van der Waals surface area contributed by atoms with Gasteiger partial charge in [0.05, 0.1) is 11.6 Å². The largest absolute Gasteiger partial charge is 0.454 e. The summed E-state index contributed by atoms with van der Waals surface area (Å²) in [7, 11) is 1.90. The molecule has 156 valence electrons. The van der Waals surface area contributed by atoms with Gasteiger partial charge in [-0.1, -0.05) is 17.7 Å². The van der Waals surface area contributed by atoms with Gasteiger partial charge >= 0.3 is 0 Å². The van der Waals surface area contributed by atoms with Crippen LogP contribution in [0.25, 0.3) is 5.69 Å². The minimum Gasteiger partial charge on any atom is -0.454 e. The van der Waals surface area contributed by atoms with Gasteiger partial charge in [0.1, 0.15) is 5.82 Å². The molecule has 0 atom stereocenters. The number of aromatic nitrogens is 1. The molecular weight excluding hydrogens is 407 g/mol. The number of carbonyl (C=O) groups is 1. The number of hydrogen-bond donors (Lipinski definition) is 0. The molecule has 0 spiro atoms. The number of halogens is 2. The van der Waals surface area contributed by atoms with Crippen molar-refractivity contribution >= 4 is 17.4 Å². The Kier molecular flexibility index (Phi) is 5.54. The molecule has 3 aromatic rings. The topological polar surface area (TPSA) is 43.7 Å². The lowest BCUT2D eigenvalue weighted by Crippen LogP contribution is -2.25. The van der Waals surface area contributed by atoms with E-state index in [-0.39, 0.29) is 24.1 Å². The van der Waals surface area contributed by atoms with E-state index in [0.717, 1.165) is 34.1 Å². The second-order valence-corrected chi connectivity index (χ2v) is 7.91. The van der Waals surface area contributed by atoms with Crippen LogP contribution in [0.5, 0.6) is 11.5 Å². The summed E-state index contributed by atoms with van der Waals surface area (Å²) in [6, 6.07) is 12.2. The number of benzene rings is 2. The van der Waals surface area contributed by atoms with Crippen molar-refractivity contribution < 1.29 is 18.7 Å². The van der Waals surface area contributed by atoms with Gasteiger partial charge < -0.3 is 14.0 Å². The average Bonchev–Trinajstić information content (AvgIpc) is 3.27. The predicted molar refractivity (Wildman–Crippen MR) is 113 cm³/mol. The van der Waals surface area contributed by atoms with E-state index in [4.69, 9.17) is 21.1 Å². The highest BCUT2D eigenvalue weighted by molar-refractivity contribution is 6.30. The summed E-state index contributed by atoms with van der Waals surface area (Å²) in [6.45, 7) is 4.91. The Morgan fingerprint density at radius 2 is 1.90 bits per heavy atom. The zero-order valence-corrected chi connectivity index (χ0v) is 17.8. The molecule has 1 aliphatic heterocycles. The van der Waals surface area contributed by atoms with Crippen molar-refractivity contribution in [3.05, 3.63) is 75.8 Å². The van der Waals surface area contributed by atoms with Crippen molar-refractivity contribution in [2.45, 2.75) is 20.4 Å². The highest BCUT2D eigenvalue weighted by Gasteiger charge is 2.19. The van der Waals surface area contributed by atoms with Gasteiger partial charge in [0.15, 0.2) is 17.3 Å². The summed E-state index contributed by atoms with van der Waals surface area (Å²) < 4.78 is 26.2. The Morgan fingerprint density at radius 3 is 2.67 bits per heavy atom. The number of carbonyl (C=O) groups excluding carboxylic acids is 1. The van der Waals surface area contributed by atoms with Gasteiger partial charge in [-0.3, -0.25) is 9.69 Å². The zero-order chi connectivity index (χ0) is 21.4. The van der Waals surface area contributed by atoms with Crippen molar-refractivity contribution in [1.82, 2.24) is 9.47 Å². The molecule has 1 aliphatic rings. The maximum absolute atomic E-state index is 13.5. The molecule has 0 N–H and O–H groups in total. The van der Waals surface area contributed by atoms with E-state index in [1.54, 1.807) is 12.1 Å². The van der Waals surface area contributed by atoms with Crippen LogP contribution in [0.2, 0.25) is 5.02 Å². The molecule has 0 aliphatic carbocycles. The predicted octanol–water partition coefficient (Wildman–Crippen LogP) is 4.93. The Balaban J connectivity index is 1.50. The third kappa shape index (κ3) is 3.93. The van der Waals surface area contributed by atoms with Crippen LogP contribution < -0.4 is 9.47 Å². The number of hydrogen-bond acceptors (Lipinski definition) is 4.